The van der Waals surface area contributed by atoms with Gasteiger partial charge in [-0.05, 0) is 55.2 Å². The van der Waals surface area contributed by atoms with E-state index in [9.17, 15) is 5.11 Å². The molecule has 25 heavy (non-hydrogen) atoms. The molecule has 3 atom stereocenters. The van der Waals surface area contributed by atoms with Crippen molar-refractivity contribution in [1.82, 2.24) is 0 Å². The Bertz CT molecular complexity index is 608. The molecule has 3 unspecified atom stereocenters. The number of halogens is 1. The molecular formula is C21H34ClNO2. The van der Waals surface area contributed by atoms with Gasteiger partial charge in [0.15, 0.2) is 0 Å². The molecule has 1 saturated heterocycles. The van der Waals surface area contributed by atoms with Gasteiger partial charge in [-0.15, -0.1) is 0 Å². The molecule has 0 aliphatic carbocycles. The van der Waals surface area contributed by atoms with Crippen LogP contribution in [0.3, 0.4) is 0 Å². The van der Waals surface area contributed by atoms with Gasteiger partial charge in [0.05, 0.1) is 17.7 Å². The molecule has 1 aromatic rings. The Hall–Kier alpha value is -0.610. The van der Waals surface area contributed by atoms with Crippen LogP contribution in [0.15, 0.2) is 18.2 Å². The summed E-state index contributed by atoms with van der Waals surface area (Å²) in [6, 6.07) is 6.11. The average molecular weight is 368 g/mol. The third kappa shape index (κ3) is 4.39. The number of aliphatic hydroxyl groups excluding tert-OH is 1. The van der Waals surface area contributed by atoms with E-state index in [1.807, 2.05) is 6.07 Å². The SMILES string of the molecule is CC1C(CO)C(N)(c2ccc(CCC(C)(C)C)c(Cl)c2)COC1(C)C. The summed E-state index contributed by atoms with van der Waals surface area (Å²) in [6.45, 7) is 13.3. The maximum Gasteiger partial charge on any atom is 0.0701 e. The fraction of sp³-hybridized carbons (Fsp3) is 0.714. The molecule has 0 aromatic heterocycles. The maximum absolute atomic E-state index is 10.0. The van der Waals surface area contributed by atoms with Crippen LogP contribution in [0.1, 0.15) is 59.1 Å². The van der Waals surface area contributed by atoms with Crippen LogP contribution in [-0.4, -0.2) is 23.9 Å². The van der Waals surface area contributed by atoms with E-state index < -0.39 is 5.54 Å². The largest absolute Gasteiger partial charge is 0.396 e. The van der Waals surface area contributed by atoms with Crippen LogP contribution in [0.4, 0.5) is 0 Å². The lowest BCUT2D eigenvalue weighted by molar-refractivity contribution is -0.162. The summed E-state index contributed by atoms with van der Waals surface area (Å²) < 4.78 is 6.06. The second-order valence-corrected chi connectivity index (χ2v) is 9.78. The fourth-order valence-corrected chi connectivity index (χ4v) is 3.92. The molecule has 1 aromatic carbocycles. The molecule has 0 saturated carbocycles. The zero-order valence-corrected chi connectivity index (χ0v) is 17.3. The first-order chi connectivity index (χ1) is 11.4. The van der Waals surface area contributed by atoms with Crippen molar-refractivity contribution >= 4 is 11.6 Å². The highest BCUT2D eigenvalue weighted by Crippen LogP contribution is 2.44. The first-order valence-corrected chi connectivity index (χ1v) is 9.61. The van der Waals surface area contributed by atoms with Gasteiger partial charge in [-0.25, -0.2) is 0 Å². The lowest BCUT2D eigenvalue weighted by Gasteiger charge is -2.51. The van der Waals surface area contributed by atoms with Crippen molar-refractivity contribution in [2.75, 3.05) is 13.2 Å². The van der Waals surface area contributed by atoms with Gasteiger partial charge in [0.2, 0.25) is 0 Å². The molecule has 2 rings (SSSR count). The average Bonchev–Trinajstić information content (AvgIpc) is 2.50. The lowest BCUT2D eigenvalue weighted by Crippen LogP contribution is -2.61. The summed E-state index contributed by atoms with van der Waals surface area (Å²) in [5, 5.41) is 10.8. The summed E-state index contributed by atoms with van der Waals surface area (Å²) in [5.41, 5.74) is 8.11. The molecule has 4 heteroatoms. The van der Waals surface area contributed by atoms with Gasteiger partial charge in [-0.1, -0.05) is 51.4 Å². The number of aliphatic hydroxyl groups is 1. The second-order valence-electron chi connectivity index (χ2n) is 9.38. The van der Waals surface area contributed by atoms with Crippen LogP contribution in [0.25, 0.3) is 0 Å². The molecule has 1 aliphatic rings. The van der Waals surface area contributed by atoms with E-state index in [0.717, 1.165) is 29.0 Å². The predicted octanol–water partition coefficient (Wildman–Crippen LogP) is 4.53. The molecular weight excluding hydrogens is 334 g/mol. The third-order valence-electron chi connectivity index (χ3n) is 5.98. The first-order valence-electron chi connectivity index (χ1n) is 9.23. The fourth-order valence-electron chi connectivity index (χ4n) is 3.64. The number of hydrogen-bond acceptors (Lipinski definition) is 3. The highest BCUT2D eigenvalue weighted by molar-refractivity contribution is 6.31. The summed E-state index contributed by atoms with van der Waals surface area (Å²) in [4.78, 5) is 0. The smallest absolute Gasteiger partial charge is 0.0701 e. The van der Waals surface area contributed by atoms with Crippen molar-refractivity contribution < 1.29 is 9.84 Å². The topological polar surface area (TPSA) is 55.5 Å². The zero-order valence-electron chi connectivity index (χ0n) is 16.5. The Morgan fingerprint density at radius 1 is 1.32 bits per heavy atom. The van der Waals surface area contributed by atoms with E-state index in [1.165, 1.54) is 0 Å². The quantitative estimate of drug-likeness (QED) is 0.822. The van der Waals surface area contributed by atoms with Crippen LogP contribution < -0.4 is 5.73 Å². The summed E-state index contributed by atoms with van der Waals surface area (Å²) in [6.07, 6.45) is 2.02. The second kappa shape index (κ2) is 7.19. The van der Waals surface area contributed by atoms with Gasteiger partial charge in [0.1, 0.15) is 0 Å². The molecule has 0 radical (unpaired) electrons. The van der Waals surface area contributed by atoms with Crippen molar-refractivity contribution in [3.05, 3.63) is 34.3 Å². The highest BCUT2D eigenvalue weighted by Gasteiger charge is 2.50. The zero-order chi connectivity index (χ0) is 19.0. The molecule has 142 valence electrons. The Morgan fingerprint density at radius 3 is 2.48 bits per heavy atom. The van der Waals surface area contributed by atoms with Gasteiger partial charge in [0, 0.05) is 17.5 Å². The van der Waals surface area contributed by atoms with Gasteiger partial charge in [-0.2, -0.15) is 0 Å². The highest BCUT2D eigenvalue weighted by atomic mass is 35.5. The van der Waals surface area contributed by atoms with Gasteiger partial charge >= 0.3 is 0 Å². The van der Waals surface area contributed by atoms with Crippen LogP contribution in [0.5, 0.6) is 0 Å². The summed E-state index contributed by atoms with van der Waals surface area (Å²) in [7, 11) is 0. The molecule has 0 amide bonds. The monoisotopic (exact) mass is 367 g/mol. The number of aryl methyl sites for hydroxylation is 1. The number of benzene rings is 1. The van der Waals surface area contributed by atoms with Crippen molar-refractivity contribution in [2.45, 2.75) is 65.5 Å². The van der Waals surface area contributed by atoms with E-state index in [-0.39, 0.29) is 29.5 Å². The van der Waals surface area contributed by atoms with E-state index >= 15 is 0 Å². The molecule has 1 aliphatic heterocycles. The van der Waals surface area contributed by atoms with Crippen molar-refractivity contribution in [3.63, 3.8) is 0 Å². The van der Waals surface area contributed by atoms with Crippen molar-refractivity contribution in [3.8, 4) is 0 Å². The Labute approximate surface area is 157 Å². The summed E-state index contributed by atoms with van der Waals surface area (Å²) >= 11 is 6.56. The molecule has 0 spiro atoms. The molecule has 0 bridgehead atoms. The minimum atomic E-state index is -0.726. The van der Waals surface area contributed by atoms with Crippen LogP contribution in [-0.2, 0) is 16.7 Å². The molecule has 1 fully saturated rings. The molecule has 1 heterocycles. The number of rotatable bonds is 4. The Kier molecular flexibility index (Phi) is 5.95. The lowest BCUT2D eigenvalue weighted by atomic mass is 9.66. The van der Waals surface area contributed by atoms with Crippen LogP contribution >= 0.6 is 11.6 Å². The minimum Gasteiger partial charge on any atom is -0.396 e. The van der Waals surface area contributed by atoms with E-state index in [2.05, 4.69) is 53.7 Å². The predicted molar refractivity (Wildman–Crippen MR) is 105 cm³/mol. The van der Waals surface area contributed by atoms with E-state index in [1.54, 1.807) is 0 Å². The standard InChI is InChI=1S/C21H34ClNO2/c1-14-17(12-24)21(23,13-25-20(14,5)6)16-8-7-15(18(22)11-16)9-10-19(2,3)4/h7-8,11,14,17,24H,9-10,12-13,23H2,1-6H3. The third-order valence-corrected chi connectivity index (χ3v) is 6.33. The van der Waals surface area contributed by atoms with E-state index in [0.29, 0.717) is 6.61 Å². The number of hydrogen-bond donors (Lipinski definition) is 2. The van der Waals surface area contributed by atoms with Gasteiger partial charge < -0.3 is 15.6 Å². The summed E-state index contributed by atoms with van der Waals surface area (Å²) in [5.74, 6) is 0.0586. The normalized spacial score (nSPS) is 29.6. The van der Waals surface area contributed by atoms with Crippen LogP contribution in [0.2, 0.25) is 5.02 Å². The number of ether oxygens (including phenoxy) is 1. The maximum atomic E-state index is 10.0. The van der Waals surface area contributed by atoms with Crippen molar-refractivity contribution in [1.29, 1.82) is 0 Å². The van der Waals surface area contributed by atoms with Gasteiger partial charge in [-0.3, -0.25) is 0 Å². The van der Waals surface area contributed by atoms with Crippen LogP contribution in [0, 0.1) is 17.3 Å². The molecule has 3 nitrogen and oxygen atoms in total. The Balaban J connectivity index is 2.29. The Morgan fingerprint density at radius 2 is 1.96 bits per heavy atom. The van der Waals surface area contributed by atoms with Gasteiger partial charge in [0.25, 0.3) is 0 Å². The molecule has 3 N–H and O–H groups in total. The van der Waals surface area contributed by atoms with Crippen molar-refractivity contribution in [2.24, 2.45) is 23.0 Å². The first kappa shape index (κ1) is 20.7. The minimum absolute atomic E-state index is 0.0356. The number of nitrogens with two attached hydrogens (primary N) is 1. The van der Waals surface area contributed by atoms with E-state index in [4.69, 9.17) is 22.1 Å².